The molecule has 0 spiro atoms. The first-order valence-electron chi connectivity index (χ1n) is 8.74. The van der Waals surface area contributed by atoms with Gasteiger partial charge in [-0.3, -0.25) is 9.47 Å². The number of aromatic nitrogens is 3. The van der Waals surface area contributed by atoms with Gasteiger partial charge in [-0.2, -0.15) is 0 Å². The standard InChI is InChI=1S/C18H13FN4O5/c19-10-6-11-9(17-16(10)22-3-2-20-14(22)8-26-17)5-12-13(28-18(24)23(11)12)7-25-15-1-4-27-21-15/h1-4,6,12-13H,5,7-8H2/t12-,13-/m0/s1. The van der Waals surface area contributed by atoms with Crippen molar-refractivity contribution < 1.29 is 27.9 Å². The van der Waals surface area contributed by atoms with Crippen molar-refractivity contribution in [1.82, 2.24) is 14.7 Å². The van der Waals surface area contributed by atoms with Gasteiger partial charge >= 0.3 is 6.09 Å². The van der Waals surface area contributed by atoms with Crippen molar-refractivity contribution >= 4 is 11.8 Å². The summed E-state index contributed by atoms with van der Waals surface area (Å²) in [7, 11) is 0. The molecule has 0 aliphatic carbocycles. The molecular weight excluding hydrogens is 371 g/mol. The van der Waals surface area contributed by atoms with E-state index in [0.29, 0.717) is 35.2 Å². The van der Waals surface area contributed by atoms with Crippen LogP contribution in [0, 0.1) is 5.82 Å². The first kappa shape index (κ1) is 15.5. The van der Waals surface area contributed by atoms with E-state index in [2.05, 4.69) is 10.1 Å². The Morgan fingerprint density at radius 2 is 2.32 bits per heavy atom. The monoisotopic (exact) mass is 384 g/mol. The van der Waals surface area contributed by atoms with Crippen molar-refractivity contribution in [3.05, 3.63) is 48.0 Å². The quantitative estimate of drug-likeness (QED) is 0.684. The van der Waals surface area contributed by atoms with Gasteiger partial charge in [-0.05, 0) is 5.16 Å². The number of imidazole rings is 1. The van der Waals surface area contributed by atoms with Crippen LogP contribution in [-0.2, 0) is 17.8 Å². The Kier molecular flexibility index (Phi) is 3.03. The van der Waals surface area contributed by atoms with Gasteiger partial charge in [-0.1, -0.05) is 0 Å². The summed E-state index contributed by atoms with van der Waals surface area (Å²) in [5, 5.41) is 3.68. The number of anilines is 1. The van der Waals surface area contributed by atoms with Crippen LogP contribution in [0.15, 0.2) is 35.3 Å². The molecule has 0 radical (unpaired) electrons. The van der Waals surface area contributed by atoms with Crippen LogP contribution in [0.3, 0.4) is 0 Å². The Balaban J connectivity index is 1.37. The number of fused-ring (bicyclic) bond motifs is 7. The van der Waals surface area contributed by atoms with E-state index in [9.17, 15) is 9.18 Å². The summed E-state index contributed by atoms with van der Waals surface area (Å²) < 4.78 is 38.2. The molecule has 3 aliphatic heterocycles. The van der Waals surface area contributed by atoms with Gasteiger partial charge in [0.05, 0.1) is 11.7 Å². The zero-order chi connectivity index (χ0) is 18.8. The maximum absolute atomic E-state index is 14.9. The highest BCUT2D eigenvalue weighted by molar-refractivity contribution is 5.95. The molecule has 3 aliphatic rings. The van der Waals surface area contributed by atoms with E-state index in [0.717, 1.165) is 5.56 Å². The number of nitrogens with zero attached hydrogens (tertiary/aromatic N) is 4. The Labute approximate surface area is 157 Å². The van der Waals surface area contributed by atoms with Crippen LogP contribution < -0.4 is 14.4 Å². The molecule has 6 rings (SSSR count). The Morgan fingerprint density at radius 1 is 1.39 bits per heavy atom. The van der Waals surface area contributed by atoms with Crippen molar-refractivity contribution in [2.45, 2.75) is 25.2 Å². The molecular formula is C18H13FN4O5. The summed E-state index contributed by atoms with van der Waals surface area (Å²) in [6.45, 7) is 0.355. The van der Waals surface area contributed by atoms with Crippen molar-refractivity contribution in [3.63, 3.8) is 0 Å². The van der Waals surface area contributed by atoms with Gasteiger partial charge in [-0.15, -0.1) is 0 Å². The Bertz CT molecular complexity index is 1100. The second-order valence-corrected chi connectivity index (χ2v) is 6.75. The molecule has 0 N–H and O–H groups in total. The predicted octanol–water partition coefficient (Wildman–Crippen LogP) is 2.22. The largest absolute Gasteiger partial charge is 0.483 e. The predicted molar refractivity (Wildman–Crippen MR) is 90.1 cm³/mol. The zero-order valence-corrected chi connectivity index (χ0v) is 14.4. The fraction of sp³-hybridized carbons (Fsp3) is 0.278. The lowest BCUT2D eigenvalue weighted by Crippen LogP contribution is -2.36. The molecule has 5 heterocycles. The highest BCUT2D eigenvalue weighted by atomic mass is 19.1. The zero-order valence-electron chi connectivity index (χ0n) is 14.4. The smallest absolute Gasteiger partial charge is 0.415 e. The van der Waals surface area contributed by atoms with Gasteiger partial charge in [0.15, 0.2) is 23.5 Å². The number of ether oxygens (including phenoxy) is 3. The average molecular weight is 384 g/mol. The maximum Gasteiger partial charge on any atom is 0.415 e. The van der Waals surface area contributed by atoms with Gasteiger partial charge in [0, 0.05) is 36.5 Å². The van der Waals surface area contributed by atoms with Crippen LogP contribution in [0.4, 0.5) is 14.9 Å². The van der Waals surface area contributed by atoms with Gasteiger partial charge in [-0.25, -0.2) is 14.2 Å². The van der Waals surface area contributed by atoms with Gasteiger partial charge in [0.2, 0.25) is 0 Å². The van der Waals surface area contributed by atoms with Crippen LogP contribution in [0.1, 0.15) is 11.4 Å². The molecule has 2 atom stereocenters. The molecule has 142 valence electrons. The van der Waals surface area contributed by atoms with Crippen molar-refractivity contribution in [3.8, 4) is 17.3 Å². The topological polar surface area (TPSA) is 91.9 Å². The third-order valence-corrected chi connectivity index (χ3v) is 5.28. The second kappa shape index (κ2) is 5.47. The fourth-order valence-electron chi connectivity index (χ4n) is 4.08. The van der Waals surface area contributed by atoms with E-state index in [-0.39, 0.29) is 19.3 Å². The van der Waals surface area contributed by atoms with Gasteiger partial charge in [0.25, 0.3) is 5.88 Å². The van der Waals surface area contributed by atoms with E-state index < -0.39 is 18.0 Å². The molecule has 9 nitrogen and oxygen atoms in total. The van der Waals surface area contributed by atoms with Crippen LogP contribution >= 0.6 is 0 Å². The summed E-state index contributed by atoms with van der Waals surface area (Å²) in [6.07, 6.45) is 4.11. The van der Waals surface area contributed by atoms with Crippen LogP contribution in [0.2, 0.25) is 0 Å². The van der Waals surface area contributed by atoms with Crippen LogP contribution in [-0.4, -0.2) is 39.6 Å². The minimum Gasteiger partial charge on any atom is -0.483 e. The number of halogens is 1. The first-order chi connectivity index (χ1) is 13.7. The molecule has 1 amide bonds. The molecule has 10 heteroatoms. The minimum atomic E-state index is -0.531. The molecule has 0 unspecified atom stereocenters. The number of amides is 1. The molecule has 1 saturated heterocycles. The lowest BCUT2D eigenvalue weighted by molar-refractivity contribution is 0.0885. The van der Waals surface area contributed by atoms with Gasteiger partial charge in [0.1, 0.15) is 25.2 Å². The average Bonchev–Trinajstić information content (AvgIpc) is 3.45. The third-order valence-electron chi connectivity index (χ3n) is 5.28. The van der Waals surface area contributed by atoms with Gasteiger partial charge < -0.3 is 18.7 Å². The fourth-order valence-corrected chi connectivity index (χ4v) is 4.08. The van der Waals surface area contributed by atoms with Crippen molar-refractivity contribution in [1.29, 1.82) is 0 Å². The molecule has 1 fully saturated rings. The molecule has 28 heavy (non-hydrogen) atoms. The first-order valence-corrected chi connectivity index (χ1v) is 8.74. The molecule has 0 saturated carbocycles. The summed E-state index contributed by atoms with van der Waals surface area (Å²) in [4.78, 5) is 18.1. The van der Waals surface area contributed by atoms with Crippen molar-refractivity contribution in [2.24, 2.45) is 0 Å². The maximum atomic E-state index is 14.9. The molecule has 2 aromatic heterocycles. The SMILES string of the molecule is O=C1O[C@@H](COc2ccon2)[C@@H]2Cc3c(cc(F)c4c3OCc3nccn3-4)N12. The summed E-state index contributed by atoms with van der Waals surface area (Å²) in [5.41, 5.74) is 1.57. The van der Waals surface area contributed by atoms with E-state index >= 15 is 0 Å². The van der Waals surface area contributed by atoms with E-state index in [1.807, 2.05) is 0 Å². The number of cyclic esters (lactones) is 1. The number of benzene rings is 1. The van der Waals surface area contributed by atoms with Crippen LogP contribution in [0.25, 0.3) is 5.69 Å². The molecule has 1 aromatic carbocycles. The normalized spacial score (nSPS) is 21.5. The lowest BCUT2D eigenvalue weighted by atomic mass is 10.0. The highest BCUT2D eigenvalue weighted by Crippen LogP contribution is 2.48. The second-order valence-electron chi connectivity index (χ2n) is 6.75. The number of hydrogen-bond donors (Lipinski definition) is 0. The van der Waals surface area contributed by atoms with E-state index in [4.69, 9.17) is 18.7 Å². The molecule has 0 bridgehead atoms. The number of hydrogen-bond acceptors (Lipinski definition) is 7. The lowest BCUT2D eigenvalue weighted by Gasteiger charge is -2.23. The Hall–Kier alpha value is -3.56. The number of rotatable bonds is 3. The van der Waals surface area contributed by atoms with E-state index in [1.165, 1.54) is 17.2 Å². The minimum absolute atomic E-state index is 0.116. The molecule has 3 aromatic rings. The van der Waals surface area contributed by atoms with Crippen molar-refractivity contribution in [2.75, 3.05) is 11.5 Å². The summed E-state index contributed by atoms with van der Waals surface area (Å²) in [5.74, 6) is 0.898. The Morgan fingerprint density at radius 3 is 3.18 bits per heavy atom. The summed E-state index contributed by atoms with van der Waals surface area (Å²) in [6, 6.07) is 2.61. The summed E-state index contributed by atoms with van der Waals surface area (Å²) >= 11 is 0. The highest BCUT2D eigenvalue weighted by Gasteiger charge is 2.50. The third kappa shape index (κ3) is 2.02. The number of carbonyl (C=O) groups is 1. The van der Waals surface area contributed by atoms with Crippen LogP contribution in [0.5, 0.6) is 11.6 Å². The number of carbonyl (C=O) groups excluding carboxylic acids is 1. The van der Waals surface area contributed by atoms with E-state index in [1.54, 1.807) is 23.0 Å².